The Morgan fingerprint density at radius 2 is 1.60 bits per heavy atom. The van der Waals surface area contributed by atoms with E-state index in [1.807, 2.05) is 66.5 Å². The summed E-state index contributed by atoms with van der Waals surface area (Å²) in [5.41, 5.74) is 11.1. The molecule has 12 nitrogen and oxygen atoms in total. The molecule has 0 bridgehead atoms. The molecule has 0 fully saturated rings. The van der Waals surface area contributed by atoms with Crippen LogP contribution in [-0.2, 0) is 16.0 Å². The fourth-order valence-electron chi connectivity index (χ4n) is 4.19. The van der Waals surface area contributed by atoms with Gasteiger partial charge in [0.15, 0.2) is 5.82 Å². The normalized spacial score (nSPS) is 11.9. The summed E-state index contributed by atoms with van der Waals surface area (Å²) in [5.74, 6) is 5.41. The first-order valence-corrected chi connectivity index (χ1v) is 14.1. The molecule has 2 amide bonds. The molecular formula is C30H41N9O3. The first-order valence-electron chi connectivity index (χ1n) is 14.1. The van der Waals surface area contributed by atoms with Crippen LogP contribution in [0.2, 0.25) is 0 Å². The third kappa shape index (κ3) is 10.5. The molecular weight excluding hydrogens is 534 g/mol. The molecule has 3 rings (SSSR count). The maximum atomic E-state index is 12.6. The first kappa shape index (κ1) is 32.0. The maximum absolute atomic E-state index is 12.6. The number of rotatable bonds is 16. The lowest BCUT2D eigenvalue weighted by molar-refractivity contribution is -0.126. The van der Waals surface area contributed by atoms with Crippen molar-refractivity contribution in [3.63, 3.8) is 0 Å². The van der Waals surface area contributed by atoms with Gasteiger partial charge in [-0.05, 0) is 43.1 Å². The van der Waals surface area contributed by atoms with Gasteiger partial charge in [-0.1, -0.05) is 69.0 Å². The van der Waals surface area contributed by atoms with Gasteiger partial charge in [0.25, 0.3) is 0 Å². The topological polar surface area (TPSA) is 182 Å². The molecule has 1 heterocycles. The number of amides is 2. The van der Waals surface area contributed by atoms with Crippen molar-refractivity contribution in [3.8, 4) is 28.3 Å². The molecule has 8 N–H and O–H groups in total. The van der Waals surface area contributed by atoms with Crippen molar-refractivity contribution in [2.45, 2.75) is 51.5 Å². The summed E-state index contributed by atoms with van der Waals surface area (Å²) in [6.07, 6.45) is 10.1. The van der Waals surface area contributed by atoms with E-state index in [0.717, 1.165) is 41.0 Å². The molecule has 2 aromatic carbocycles. The van der Waals surface area contributed by atoms with Gasteiger partial charge in [0, 0.05) is 23.5 Å². The number of carbonyl (C=O) groups is 2. The summed E-state index contributed by atoms with van der Waals surface area (Å²) in [7, 11) is 1.68. The van der Waals surface area contributed by atoms with E-state index in [4.69, 9.17) is 16.3 Å². The lowest BCUT2D eigenvalue weighted by Crippen LogP contribution is -2.49. The summed E-state index contributed by atoms with van der Waals surface area (Å²) in [6.45, 7) is 2.69. The minimum absolute atomic E-state index is 0.205. The van der Waals surface area contributed by atoms with Gasteiger partial charge in [-0.15, -0.1) is 5.10 Å². The number of hydrazine groups is 1. The van der Waals surface area contributed by atoms with Crippen LogP contribution in [0.4, 0.5) is 0 Å². The second-order valence-electron chi connectivity index (χ2n) is 9.72. The van der Waals surface area contributed by atoms with Crippen molar-refractivity contribution in [1.82, 2.24) is 31.5 Å². The van der Waals surface area contributed by atoms with Gasteiger partial charge in [0.1, 0.15) is 5.75 Å². The molecule has 0 saturated carbocycles. The van der Waals surface area contributed by atoms with Crippen LogP contribution in [0.1, 0.15) is 44.6 Å². The van der Waals surface area contributed by atoms with E-state index in [1.165, 1.54) is 25.7 Å². The van der Waals surface area contributed by atoms with Crippen LogP contribution in [-0.4, -0.2) is 54.0 Å². The van der Waals surface area contributed by atoms with Gasteiger partial charge >= 0.3 is 0 Å². The fourth-order valence-corrected chi connectivity index (χ4v) is 4.19. The first-order chi connectivity index (χ1) is 20.4. The number of hydrazone groups is 1. The largest absolute Gasteiger partial charge is 0.494 e. The average Bonchev–Trinajstić information content (AvgIpc) is 3.01. The van der Waals surface area contributed by atoms with E-state index in [1.54, 1.807) is 7.05 Å². The number of unbranched alkanes of at least 4 members (excludes halogenated alkanes) is 4. The van der Waals surface area contributed by atoms with E-state index < -0.39 is 11.9 Å². The molecule has 0 radical (unpaired) electrons. The van der Waals surface area contributed by atoms with Crippen LogP contribution < -0.4 is 37.8 Å². The third-order valence-corrected chi connectivity index (χ3v) is 6.55. The third-order valence-electron chi connectivity index (χ3n) is 6.55. The molecule has 224 valence electrons. The Labute approximate surface area is 246 Å². The minimum Gasteiger partial charge on any atom is -0.494 e. The summed E-state index contributed by atoms with van der Waals surface area (Å²) >= 11 is 0. The summed E-state index contributed by atoms with van der Waals surface area (Å²) in [5, 5.41) is 11.3. The highest BCUT2D eigenvalue weighted by Gasteiger charge is 2.18. The molecule has 0 unspecified atom stereocenters. The number of hydrogen-bond acceptors (Lipinski definition) is 9. The van der Waals surface area contributed by atoms with Crippen molar-refractivity contribution < 1.29 is 14.3 Å². The maximum Gasteiger partial charge on any atom is 0.246 e. The second kappa shape index (κ2) is 17.3. The summed E-state index contributed by atoms with van der Waals surface area (Å²) in [4.78, 5) is 33.5. The standard InChI is InChI=1S/C30H41N9O3/c1-3-4-5-6-7-16-42-25-14-12-22(13-15-25)24-18-34-28(35-19-24)23-10-8-21(9-11-23)17-26(33-2)29(41)36-20-27(40)37-30(31)38-39-32/h8-15,18-19,26,33,39H,3-7,16-17,20,32H2,1-2H3,(H,36,41)(H3,31,37,38,40)/t26-/m0/s1. The Hall–Kier alpha value is -4.55. The molecule has 42 heavy (non-hydrogen) atoms. The number of ether oxygens (including phenoxy) is 1. The molecule has 12 heteroatoms. The van der Waals surface area contributed by atoms with Crippen LogP contribution in [0.25, 0.3) is 22.5 Å². The number of hydrogen-bond donors (Lipinski definition) is 6. The number of guanidine groups is 1. The fraction of sp³-hybridized carbons (Fsp3) is 0.367. The van der Waals surface area contributed by atoms with Gasteiger partial charge in [-0.2, -0.15) is 0 Å². The molecule has 0 aliphatic heterocycles. The van der Waals surface area contributed by atoms with Gasteiger partial charge in [0.2, 0.25) is 17.8 Å². The number of carbonyl (C=O) groups excluding carboxylic acids is 2. The van der Waals surface area contributed by atoms with E-state index in [9.17, 15) is 9.59 Å². The van der Waals surface area contributed by atoms with Gasteiger partial charge in [-0.25, -0.2) is 21.3 Å². The highest BCUT2D eigenvalue weighted by atomic mass is 16.5. The number of aromatic nitrogens is 2. The monoisotopic (exact) mass is 575 g/mol. The van der Waals surface area contributed by atoms with Crippen molar-refractivity contribution >= 4 is 17.8 Å². The van der Waals surface area contributed by atoms with E-state index >= 15 is 0 Å². The predicted octanol–water partition coefficient (Wildman–Crippen LogP) is 2.22. The Morgan fingerprint density at radius 1 is 0.929 bits per heavy atom. The van der Waals surface area contributed by atoms with Crippen LogP contribution in [0.3, 0.4) is 0 Å². The molecule has 3 aromatic rings. The summed E-state index contributed by atoms with van der Waals surface area (Å²) in [6, 6.07) is 15.1. The zero-order valence-corrected chi connectivity index (χ0v) is 24.2. The van der Waals surface area contributed by atoms with E-state index in [-0.39, 0.29) is 18.4 Å². The summed E-state index contributed by atoms with van der Waals surface area (Å²) < 4.78 is 5.86. The number of nitrogens with zero attached hydrogens (tertiary/aromatic N) is 3. The average molecular weight is 576 g/mol. The number of nitrogens with two attached hydrogens (primary N) is 2. The SMILES string of the molecule is CCCCCCCOc1ccc(-c2cnc(-c3ccc(C[C@H](NC)C(=O)NCC(=O)N/C(N)=N/NN)cc3)nc2)cc1. The van der Waals surface area contributed by atoms with Crippen LogP contribution in [0.5, 0.6) is 5.75 Å². The number of likely N-dealkylation sites (N-methyl/N-ethyl adjacent to an activating group) is 1. The highest BCUT2D eigenvalue weighted by molar-refractivity contribution is 5.98. The van der Waals surface area contributed by atoms with Crippen molar-refractivity contribution in [1.29, 1.82) is 0 Å². The Morgan fingerprint density at radius 3 is 2.24 bits per heavy atom. The van der Waals surface area contributed by atoms with Gasteiger partial charge < -0.3 is 21.1 Å². The van der Waals surface area contributed by atoms with Crippen LogP contribution >= 0.6 is 0 Å². The van der Waals surface area contributed by atoms with Gasteiger partial charge in [-0.3, -0.25) is 14.9 Å². The Kier molecular flexibility index (Phi) is 13.2. The van der Waals surface area contributed by atoms with Crippen LogP contribution in [0.15, 0.2) is 66.0 Å². The highest BCUT2D eigenvalue weighted by Crippen LogP contribution is 2.23. The quantitative estimate of drug-likeness (QED) is 0.0490. The lowest BCUT2D eigenvalue weighted by atomic mass is 10.0. The number of benzene rings is 2. The molecule has 0 spiro atoms. The molecule has 0 saturated heterocycles. The van der Waals surface area contributed by atoms with Crippen molar-refractivity contribution in [3.05, 3.63) is 66.5 Å². The molecule has 1 aromatic heterocycles. The predicted molar refractivity (Wildman–Crippen MR) is 164 cm³/mol. The number of nitrogens with one attached hydrogen (secondary N) is 4. The Bertz CT molecular complexity index is 1280. The molecule has 0 aliphatic carbocycles. The van der Waals surface area contributed by atoms with Gasteiger partial charge in [0.05, 0.1) is 19.2 Å². The molecule has 1 atom stereocenters. The van der Waals surface area contributed by atoms with E-state index in [2.05, 4.69) is 37.9 Å². The zero-order valence-electron chi connectivity index (χ0n) is 24.2. The van der Waals surface area contributed by atoms with Crippen molar-refractivity contribution in [2.24, 2.45) is 16.7 Å². The second-order valence-corrected chi connectivity index (χ2v) is 9.72. The zero-order chi connectivity index (χ0) is 30.2. The minimum atomic E-state index is -0.543. The lowest BCUT2D eigenvalue weighted by Gasteiger charge is -2.16. The molecule has 0 aliphatic rings. The smallest absolute Gasteiger partial charge is 0.246 e. The van der Waals surface area contributed by atoms with Crippen LogP contribution in [0, 0.1) is 0 Å². The Balaban J connectivity index is 1.50. The van der Waals surface area contributed by atoms with E-state index in [0.29, 0.717) is 12.2 Å². The van der Waals surface area contributed by atoms with Crippen molar-refractivity contribution in [2.75, 3.05) is 20.2 Å².